The predicted octanol–water partition coefficient (Wildman–Crippen LogP) is 3.64. The van der Waals surface area contributed by atoms with Crippen molar-refractivity contribution in [1.82, 2.24) is 0 Å². The highest BCUT2D eigenvalue weighted by atomic mass is 35.5. The number of quaternary nitrogens is 1. The predicted molar refractivity (Wildman–Crippen MR) is 102 cm³/mol. The van der Waals surface area contributed by atoms with Gasteiger partial charge in [-0.2, -0.15) is 0 Å². The van der Waals surface area contributed by atoms with Gasteiger partial charge in [-0.15, -0.1) is 0 Å². The fourth-order valence-electron chi connectivity index (χ4n) is 2.82. The van der Waals surface area contributed by atoms with E-state index in [9.17, 15) is 4.79 Å². The minimum absolute atomic E-state index is 0.0813. The summed E-state index contributed by atoms with van der Waals surface area (Å²) in [4.78, 5) is 12.6. The Hall–Kier alpha value is -2.04. The summed E-state index contributed by atoms with van der Waals surface area (Å²) < 4.78 is 5.29. The minimum atomic E-state index is -0.253. The topological polar surface area (TPSA) is 54.9 Å². The first kappa shape index (κ1) is 19.3. The zero-order valence-electron chi connectivity index (χ0n) is 15.1. The summed E-state index contributed by atoms with van der Waals surface area (Å²) in [7, 11) is 1.57. The molecule has 0 unspecified atom stereocenters. The van der Waals surface area contributed by atoms with Crippen molar-refractivity contribution in [2.24, 2.45) is 5.92 Å². The van der Waals surface area contributed by atoms with Crippen molar-refractivity contribution < 1.29 is 14.8 Å². The number of nitrogens with one attached hydrogen (secondary N) is 1. The number of anilines is 1. The molecule has 0 fully saturated rings. The number of benzene rings is 2. The molecule has 0 aliphatic rings. The lowest BCUT2D eigenvalue weighted by Crippen LogP contribution is -2.93. The summed E-state index contributed by atoms with van der Waals surface area (Å²) in [6, 6.07) is 15.4. The van der Waals surface area contributed by atoms with Crippen LogP contribution in [0.3, 0.4) is 0 Å². The molecule has 25 heavy (non-hydrogen) atoms. The number of halogens is 1. The van der Waals surface area contributed by atoms with Crippen molar-refractivity contribution in [2.75, 3.05) is 12.4 Å². The second-order valence-corrected chi connectivity index (χ2v) is 6.93. The molecule has 0 aromatic heterocycles. The molecule has 3 N–H and O–H groups in total. The Morgan fingerprint density at radius 3 is 2.40 bits per heavy atom. The molecular weight excluding hydrogens is 336 g/mol. The van der Waals surface area contributed by atoms with Crippen LogP contribution < -0.4 is 15.4 Å². The van der Waals surface area contributed by atoms with Crippen LogP contribution in [0.1, 0.15) is 32.4 Å². The van der Waals surface area contributed by atoms with E-state index in [1.165, 1.54) is 5.56 Å². The van der Waals surface area contributed by atoms with Gasteiger partial charge in [-0.1, -0.05) is 55.8 Å². The molecule has 0 aliphatic heterocycles. The second-order valence-electron chi connectivity index (χ2n) is 6.50. The van der Waals surface area contributed by atoms with Crippen molar-refractivity contribution in [1.29, 1.82) is 0 Å². The maximum Gasteiger partial charge on any atom is 0.282 e. The fourth-order valence-corrected chi connectivity index (χ4v) is 2.99. The van der Waals surface area contributed by atoms with Crippen LogP contribution in [0, 0.1) is 5.92 Å². The summed E-state index contributed by atoms with van der Waals surface area (Å²) in [5.41, 5.74) is 1.80. The van der Waals surface area contributed by atoms with Crippen LogP contribution in [0.15, 0.2) is 48.5 Å². The molecule has 5 heteroatoms. The van der Waals surface area contributed by atoms with Crippen LogP contribution in [0.2, 0.25) is 5.02 Å². The lowest BCUT2D eigenvalue weighted by atomic mass is 9.95. The van der Waals surface area contributed by atoms with E-state index in [0.29, 0.717) is 22.4 Å². The number of nitrogens with two attached hydrogens (primary N) is 1. The highest BCUT2D eigenvalue weighted by molar-refractivity contribution is 6.31. The largest absolute Gasteiger partial charge is 0.495 e. The maximum absolute atomic E-state index is 12.6. The molecule has 0 heterocycles. The highest BCUT2D eigenvalue weighted by Gasteiger charge is 2.26. The van der Waals surface area contributed by atoms with E-state index in [2.05, 4.69) is 36.6 Å². The minimum Gasteiger partial charge on any atom is -0.495 e. The SMILES string of the molecule is COc1ccc(Cl)cc1NC(=O)[C@H](C)[NH2+][C@@H](c1ccccc1)C(C)C. The molecule has 4 nitrogen and oxygen atoms in total. The van der Waals surface area contributed by atoms with E-state index in [0.717, 1.165) is 0 Å². The zero-order chi connectivity index (χ0) is 18.4. The fraction of sp³-hybridized carbons (Fsp3) is 0.350. The number of rotatable bonds is 7. The van der Waals surface area contributed by atoms with Crippen LogP contribution in [-0.4, -0.2) is 19.1 Å². The summed E-state index contributed by atoms with van der Waals surface area (Å²) in [5, 5.41) is 5.57. The molecule has 0 radical (unpaired) electrons. The van der Waals surface area contributed by atoms with E-state index in [-0.39, 0.29) is 18.0 Å². The van der Waals surface area contributed by atoms with Gasteiger partial charge in [-0.3, -0.25) is 4.79 Å². The van der Waals surface area contributed by atoms with E-state index in [4.69, 9.17) is 16.3 Å². The highest BCUT2D eigenvalue weighted by Crippen LogP contribution is 2.27. The zero-order valence-corrected chi connectivity index (χ0v) is 15.9. The molecule has 0 spiro atoms. The van der Waals surface area contributed by atoms with Crippen molar-refractivity contribution in [3.05, 3.63) is 59.1 Å². The van der Waals surface area contributed by atoms with Crippen molar-refractivity contribution >= 4 is 23.2 Å². The normalized spacial score (nSPS) is 13.4. The molecule has 2 aromatic carbocycles. The standard InChI is InChI=1S/C20H25ClN2O2/c1-13(2)19(15-8-6-5-7-9-15)22-14(3)20(24)23-17-12-16(21)10-11-18(17)25-4/h5-14,19,22H,1-4H3,(H,23,24)/p+1/t14-,19+/m0/s1. The third kappa shape index (κ3) is 5.21. The molecule has 134 valence electrons. The third-order valence-corrected chi connectivity index (χ3v) is 4.47. The number of hydrogen-bond donors (Lipinski definition) is 2. The molecule has 1 amide bonds. The molecule has 0 saturated heterocycles. The number of carbonyl (C=O) groups is 1. The van der Waals surface area contributed by atoms with Crippen LogP contribution in [0.25, 0.3) is 0 Å². The number of carbonyl (C=O) groups excluding carboxylic acids is 1. The van der Waals surface area contributed by atoms with Crippen LogP contribution in [0.4, 0.5) is 5.69 Å². The van der Waals surface area contributed by atoms with Crippen molar-refractivity contribution in [2.45, 2.75) is 32.9 Å². The molecular formula is C20H26ClN2O2+. The van der Waals surface area contributed by atoms with E-state index in [1.54, 1.807) is 25.3 Å². The number of methoxy groups -OCH3 is 1. The van der Waals surface area contributed by atoms with Gasteiger partial charge in [0.15, 0.2) is 6.04 Å². The molecule has 2 rings (SSSR count). The summed E-state index contributed by atoms with van der Waals surface area (Å²) in [5.74, 6) is 0.911. The van der Waals surface area contributed by atoms with Crippen molar-refractivity contribution in [3.8, 4) is 5.75 Å². The second kappa shape index (κ2) is 8.88. The van der Waals surface area contributed by atoms with Crippen molar-refractivity contribution in [3.63, 3.8) is 0 Å². The summed E-state index contributed by atoms with van der Waals surface area (Å²) in [6.07, 6.45) is 0. The van der Waals surface area contributed by atoms with Gasteiger partial charge in [-0.05, 0) is 25.1 Å². The van der Waals surface area contributed by atoms with Gasteiger partial charge in [0.05, 0.1) is 12.8 Å². The van der Waals surface area contributed by atoms with Gasteiger partial charge in [0.25, 0.3) is 5.91 Å². The molecule has 2 aromatic rings. The number of ether oxygens (including phenoxy) is 1. The third-order valence-electron chi connectivity index (χ3n) is 4.23. The molecule has 0 saturated carbocycles. The Bertz CT molecular complexity index is 704. The Kier molecular flexibility index (Phi) is 6.85. The van der Waals surface area contributed by atoms with Gasteiger partial charge in [0, 0.05) is 16.5 Å². The average molecular weight is 362 g/mol. The van der Waals surface area contributed by atoms with Gasteiger partial charge in [-0.25, -0.2) is 0 Å². The Morgan fingerprint density at radius 1 is 1.12 bits per heavy atom. The summed E-state index contributed by atoms with van der Waals surface area (Å²) in [6.45, 7) is 6.24. The van der Waals surface area contributed by atoms with Crippen LogP contribution in [-0.2, 0) is 4.79 Å². The van der Waals surface area contributed by atoms with Gasteiger partial charge in [0.1, 0.15) is 11.8 Å². The van der Waals surface area contributed by atoms with Gasteiger partial charge < -0.3 is 15.4 Å². The first-order valence-electron chi connectivity index (χ1n) is 8.46. The average Bonchev–Trinajstić information content (AvgIpc) is 2.60. The molecule has 2 atom stereocenters. The first-order valence-corrected chi connectivity index (χ1v) is 8.84. The Morgan fingerprint density at radius 2 is 1.80 bits per heavy atom. The van der Waals surface area contributed by atoms with Gasteiger partial charge in [0.2, 0.25) is 0 Å². The van der Waals surface area contributed by atoms with E-state index in [1.807, 2.05) is 25.1 Å². The smallest absolute Gasteiger partial charge is 0.282 e. The van der Waals surface area contributed by atoms with Crippen LogP contribution >= 0.6 is 11.6 Å². The molecule has 0 bridgehead atoms. The monoisotopic (exact) mass is 361 g/mol. The Balaban J connectivity index is 2.10. The van der Waals surface area contributed by atoms with Gasteiger partial charge >= 0.3 is 0 Å². The lowest BCUT2D eigenvalue weighted by molar-refractivity contribution is -0.718. The molecule has 0 aliphatic carbocycles. The maximum atomic E-state index is 12.6. The van der Waals surface area contributed by atoms with Crippen LogP contribution in [0.5, 0.6) is 5.75 Å². The number of amides is 1. The first-order chi connectivity index (χ1) is 11.9. The number of hydrogen-bond acceptors (Lipinski definition) is 2. The lowest BCUT2D eigenvalue weighted by Gasteiger charge is -2.23. The van der Waals surface area contributed by atoms with E-state index >= 15 is 0 Å². The van der Waals surface area contributed by atoms with E-state index < -0.39 is 0 Å². The quantitative estimate of drug-likeness (QED) is 0.791. The summed E-state index contributed by atoms with van der Waals surface area (Å²) >= 11 is 6.03. The Labute approximate surface area is 154 Å².